The van der Waals surface area contributed by atoms with Crippen molar-refractivity contribution >= 4 is 11.8 Å². The molecule has 1 aromatic carbocycles. The van der Waals surface area contributed by atoms with E-state index in [0.29, 0.717) is 0 Å². The van der Waals surface area contributed by atoms with E-state index in [-0.39, 0.29) is 0 Å². The zero-order chi connectivity index (χ0) is 11.8. The first-order chi connectivity index (χ1) is 7.58. The highest BCUT2D eigenvalue weighted by atomic mass is 32.2. The van der Waals surface area contributed by atoms with Gasteiger partial charge in [-0.05, 0) is 37.1 Å². The molecular weight excluding hydrogens is 220 g/mol. The Morgan fingerprint density at radius 2 is 2.12 bits per heavy atom. The number of benzene rings is 1. The van der Waals surface area contributed by atoms with Crippen molar-refractivity contribution in [1.82, 2.24) is 0 Å². The van der Waals surface area contributed by atoms with Crippen molar-refractivity contribution in [3.05, 3.63) is 28.8 Å². The van der Waals surface area contributed by atoms with E-state index in [1.807, 2.05) is 13.0 Å². The van der Waals surface area contributed by atoms with E-state index < -0.39 is 5.60 Å². The van der Waals surface area contributed by atoms with E-state index in [1.54, 1.807) is 18.9 Å². The average molecular weight is 238 g/mol. The maximum atomic E-state index is 10.6. The number of aliphatic hydroxyl groups is 1. The van der Waals surface area contributed by atoms with Crippen LogP contribution < -0.4 is 4.74 Å². The van der Waals surface area contributed by atoms with Crippen molar-refractivity contribution < 1.29 is 9.84 Å². The summed E-state index contributed by atoms with van der Waals surface area (Å²) >= 11 is 1.80. The molecule has 88 valence electrons. The first-order valence-corrected chi connectivity index (χ1v) is 6.69. The molecule has 0 radical (unpaired) electrons. The quantitative estimate of drug-likeness (QED) is 0.859. The first-order valence-electron chi connectivity index (χ1n) is 5.53. The minimum absolute atomic E-state index is 0.700. The van der Waals surface area contributed by atoms with Crippen molar-refractivity contribution in [2.75, 3.05) is 18.6 Å². The predicted octanol–water partition coefficient (Wildman–Crippen LogP) is 2.64. The van der Waals surface area contributed by atoms with E-state index in [4.69, 9.17) is 4.74 Å². The highest BCUT2D eigenvalue weighted by Crippen LogP contribution is 2.42. The van der Waals surface area contributed by atoms with Crippen LogP contribution in [0.15, 0.2) is 12.1 Å². The Bertz CT molecular complexity index is 395. The van der Waals surface area contributed by atoms with E-state index in [0.717, 1.165) is 34.8 Å². The van der Waals surface area contributed by atoms with Crippen molar-refractivity contribution in [3.8, 4) is 5.75 Å². The van der Waals surface area contributed by atoms with E-state index in [9.17, 15) is 5.11 Å². The van der Waals surface area contributed by atoms with Gasteiger partial charge in [0.15, 0.2) is 0 Å². The van der Waals surface area contributed by atoms with E-state index >= 15 is 0 Å². The Hall–Kier alpha value is -0.670. The van der Waals surface area contributed by atoms with Crippen LogP contribution in [0, 0.1) is 13.8 Å². The lowest BCUT2D eigenvalue weighted by Crippen LogP contribution is -2.25. The number of ether oxygens (including phenoxy) is 1. The van der Waals surface area contributed by atoms with Crippen LogP contribution in [-0.4, -0.2) is 23.7 Å². The smallest absolute Gasteiger partial charge is 0.128 e. The third kappa shape index (κ3) is 1.82. The van der Waals surface area contributed by atoms with Gasteiger partial charge in [-0.2, -0.15) is 11.8 Å². The summed E-state index contributed by atoms with van der Waals surface area (Å²) in [6.07, 6.45) is 0.816. The van der Waals surface area contributed by atoms with Crippen LogP contribution in [0.3, 0.4) is 0 Å². The second-order valence-electron chi connectivity index (χ2n) is 4.42. The molecule has 0 spiro atoms. The van der Waals surface area contributed by atoms with Crippen LogP contribution in [0.25, 0.3) is 0 Å². The number of rotatable bonds is 2. The van der Waals surface area contributed by atoms with Crippen LogP contribution in [0.4, 0.5) is 0 Å². The molecule has 0 aromatic heterocycles. The second-order valence-corrected chi connectivity index (χ2v) is 5.53. The summed E-state index contributed by atoms with van der Waals surface area (Å²) in [7, 11) is 1.68. The molecule has 16 heavy (non-hydrogen) atoms. The largest absolute Gasteiger partial charge is 0.496 e. The molecule has 1 atom stereocenters. The number of hydrogen-bond donors (Lipinski definition) is 1. The second kappa shape index (κ2) is 4.30. The summed E-state index contributed by atoms with van der Waals surface area (Å²) in [6.45, 7) is 4.11. The number of methoxy groups -OCH3 is 1. The van der Waals surface area contributed by atoms with Gasteiger partial charge in [0.2, 0.25) is 0 Å². The Labute approximate surface area is 101 Å². The van der Waals surface area contributed by atoms with Gasteiger partial charge in [-0.15, -0.1) is 0 Å². The van der Waals surface area contributed by atoms with Crippen molar-refractivity contribution in [2.45, 2.75) is 25.9 Å². The zero-order valence-corrected chi connectivity index (χ0v) is 10.9. The molecule has 2 rings (SSSR count). The molecule has 1 aliphatic heterocycles. The van der Waals surface area contributed by atoms with Crippen LogP contribution >= 0.6 is 11.8 Å². The topological polar surface area (TPSA) is 29.5 Å². The molecule has 1 aromatic rings. The molecule has 1 heterocycles. The average Bonchev–Trinajstić information content (AvgIpc) is 2.70. The normalized spacial score (nSPS) is 24.8. The third-order valence-corrected chi connectivity index (χ3v) is 4.56. The molecule has 1 saturated heterocycles. The van der Waals surface area contributed by atoms with Gasteiger partial charge < -0.3 is 9.84 Å². The maximum Gasteiger partial charge on any atom is 0.128 e. The predicted molar refractivity (Wildman–Crippen MR) is 68.3 cm³/mol. The summed E-state index contributed by atoms with van der Waals surface area (Å²) in [5.41, 5.74) is 2.58. The van der Waals surface area contributed by atoms with Gasteiger partial charge >= 0.3 is 0 Å². The molecule has 3 heteroatoms. The Kier molecular flexibility index (Phi) is 3.17. The summed E-state index contributed by atoms with van der Waals surface area (Å²) in [5.74, 6) is 2.64. The minimum Gasteiger partial charge on any atom is -0.496 e. The SMILES string of the molecule is COc1c(C2(O)CCSC2)ccc(C)c1C. The van der Waals surface area contributed by atoms with Gasteiger partial charge in [0, 0.05) is 11.3 Å². The van der Waals surface area contributed by atoms with Crippen LogP contribution in [-0.2, 0) is 5.60 Å². The summed E-state index contributed by atoms with van der Waals surface area (Å²) in [6, 6.07) is 4.07. The fourth-order valence-electron chi connectivity index (χ4n) is 2.19. The number of thioether (sulfide) groups is 1. The number of hydrogen-bond acceptors (Lipinski definition) is 3. The maximum absolute atomic E-state index is 10.6. The van der Waals surface area contributed by atoms with Crippen molar-refractivity contribution in [2.24, 2.45) is 0 Å². The molecule has 1 aliphatic rings. The first kappa shape index (κ1) is 11.8. The fraction of sp³-hybridized carbons (Fsp3) is 0.538. The fourth-order valence-corrected chi connectivity index (χ4v) is 3.45. The van der Waals surface area contributed by atoms with Crippen LogP contribution in [0.5, 0.6) is 5.75 Å². The lowest BCUT2D eigenvalue weighted by molar-refractivity contribution is 0.0629. The van der Waals surface area contributed by atoms with E-state index in [2.05, 4.69) is 13.0 Å². The minimum atomic E-state index is -0.700. The van der Waals surface area contributed by atoms with Gasteiger partial charge in [0.25, 0.3) is 0 Å². The van der Waals surface area contributed by atoms with Gasteiger partial charge in [-0.3, -0.25) is 0 Å². The molecule has 2 nitrogen and oxygen atoms in total. The van der Waals surface area contributed by atoms with Crippen LogP contribution in [0.1, 0.15) is 23.1 Å². The molecular formula is C13H18O2S. The summed E-state index contributed by atoms with van der Waals surface area (Å²) in [5, 5.41) is 10.6. The Morgan fingerprint density at radius 3 is 2.69 bits per heavy atom. The zero-order valence-electron chi connectivity index (χ0n) is 10.0. The lowest BCUT2D eigenvalue weighted by atomic mass is 9.89. The summed E-state index contributed by atoms with van der Waals surface area (Å²) < 4.78 is 5.47. The molecule has 0 bridgehead atoms. The van der Waals surface area contributed by atoms with Gasteiger partial charge in [0.1, 0.15) is 11.4 Å². The standard InChI is InChI=1S/C13H18O2S/c1-9-4-5-11(12(15-3)10(9)2)13(14)6-7-16-8-13/h4-5,14H,6-8H2,1-3H3. The molecule has 1 fully saturated rings. The third-order valence-electron chi connectivity index (χ3n) is 3.38. The van der Waals surface area contributed by atoms with Crippen molar-refractivity contribution in [1.29, 1.82) is 0 Å². The molecule has 0 amide bonds. The van der Waals surface area contributed by atoms with Gasteiger partial charge in [0.05, 0.1) is 7.11 Å². The Morgan fingerprint density at radius 1 is 1.38 bits per heavy atom. The Balaban J connectivity index is 2.52. The van der Waals surface area contributed by atoms with Crippen molar-refractivity contribution in [3.63, 3.8) is 0 Å². The summed E-state index contributed by atoms with van der Waals surface area (Å²) in [4.78, 5) is 0. The number of aryl methyl sites for hydroxylation is 1. The van der Waals surface area contributed by atoms with Gasteiger partial charge in [-0.1, -0.05) is 12.1 Å². The monoisotopic (exact) mass is 238 g/mol. The lowest BCUT2D eigenvalue weighted by Gasteiger charge is -2.25. The molecule has 1 N–H and O–H groups in total. The van der Waals surface area contributed by atoms with Gasteiger partial charge in [-0.25, -0.2) is 0 Å². The van der Waals surface area contributed by atoms with Crippen LogP contribution in [0.2, 0.25) is 0 Å². The molecule has 1 unspecified atom stereocenters. The highest BCUT2D eigenvalue weighted by molar-refractivity contribution is 7.99. The van der Waals surface area contributed by atoms with E-state index in [1.165, 1.54) is 5.56 Å². The molecule has 0 aliphatic carbocycles. The highest BCUT2D eigenvalue weighted by Gasteiger charge is 2.36. The molecule has 0 saturated carbocycles.